The number of carbonyl (C=O) groups excluding carboxylic acids is 1. The Balaban J connectivity index is 1.09. The van der Waals surface area contributed by atoms with Gasteiger partial charge in [0.15, 0.2) is 11.5 Å². The van der Waals surface area contributed by atoms with Crippen LogP contribution in [-0.4, -0.2) is 35.7 Å². The molecule has 0 spiro atoms. The summed E-state index contributed by atoms with van der Waals surface area (Å²) in [6, 6.07) is 34.5. The molecule has 0 bridgehead atoms. The maximum absolute atomic E-state index is 12.6. The van der Waals surface area contributed by atoms with Crippen LogP contribution in [0.3, 0.4) is 0 Å². The molecule has 6 nitrogen and oxygen atoms in total. The summed E-state index contributed by atoms with van der Waals surface area (Å²) < 4.78 is 13.6. The van der Waals surface area contributed by atoms with Crippen LogP contribution in [0.1, 0.15) is 30.7 Å². The number of aryl methyl sites for hydroxylation is 2. The molecule has 5 aromatic rings. The number of fused-ring (bicyclic) bond motifs is 1. The van der Waals surface area contributed by atoms with E-state index in [1.54, 1.807) is 7.11 Å². The molecule has 1 N–H and O–H groups in total. The van der Waals surface area contributed by atoms with E-state index in [1.807, 2.05) is 60.7 Å². The van der Waals surface area contributed by atoms with Crippen molar-refractivity contribution in [3.05, 3.63) is 115 Å². The van der Waals surface area contributed by atoms with Crippen molar-refractivity contribution in [2.24, 2.45) is 0 Å². The lowest BCUT2D eigenvalue weighted by Crippen LogP contribution is -2.26. The van der Waals surface area contributed by atoms with Crippen molar-refractivity contribution in [1.82, 2.24) is 14.9 Å². The van der Waals surface area contributed by atoms with Crippen molar-refractivity contribution in [1.29, 1.82) is 0 Å². The second-order valence-corrected chi connectivity index (χ2v) is 10.1. The third-order valence-corrected chi connectivity index (χ3v) is 7.16. The number of hydrogen-bond acceptors (Lipinski definition) is 4. The number of ether oxygens (including phenoxy) is 2. The summed E-state index contributed by atoms with van der Waals surface area (Å²) in [5.41, 5.74) is 5.50. The molecule has 41 heavy (non-hydrogen) atoms. The zero-order valence-corrected chi connectivity index (χ0v) is 23.6. The van der Waals surface area contributed by atoms with Gasteiger partial charge in [-0.1, -0.05) is 78.9 Å². The van der Waals surface area contributed by atoms with E-state index in [0.717, 1.165) is 71.7 Å². The molecule has 5 rings (SSSR count). The summed E-state index contributed by atoms with van der Waals surface area (Å²) in [5.74, 6) is 2.63. The van der Waals surface area contributed by atoms with Gasteiger partial charge in [-0.05, 0) is 60.2 Å². The zero-order valence-electron chi connectivity index (χ0n) is 23.6. The number of carbonyl (C=O) groups is 1. The zero-order chi connectivity index (χ0) is 28.3. The van der Waals surface area contributed by atoms with Gasteiger partial charge in [-0.3, -0.25) is 4.79 Å². The number of amides is 1. The van der Waals surface area contributed by atoms with Gasteiger partial charge in [-0.2, -0.15) is 0 Å². The van der Waals surface area contributed by atoms with E-state index in [4.69, 9.17) is 14.5 Å². The van der Waals surface area contributed by atoms with E-state index in [2.05, 4.69) is 52.3 Å². The average molecular weight is 548 g/mol. The van der Waals surface area contributed by atoms with Crippen molar-refractivity contribution in [3.8, 4) is 22.6 Å². The van der Waals surface area contributed by atoms with Gasteiger partial charge in [0.1, 0.15) is 5.82 Å². The molecule has 0 atom stereocenters. The number of unbranched alkanes of at least 4 members (excludes halogenated alkanes) is 1. The number of nitrogens with one attached hydrogen (secondary N) is 1. The molecule has 210 valence electrons. The van der Waals surface area contributed by atoms with Crippen molar-refractivity contribution >= 4 is 16.9 Å². The van der Waals surface area contributed by atoms with Crippen LogP contribution in [0.4, 0.5) is 0 Å². The van der Waals surface area contributed by atoms with Gasteiger partial charge < -0.3 is 19.4 Å². The van der Waals surface area contributed by atoms with Gasteiger partial charge in [-0.15, -0.1) is 0 Å². The van der Waals surface area contributed by atoms with Crippen molar-refractivity contribution in [2.45, 2.75) is 38.6 Å². The Hall–Kier alpha value is -4.58. The minimum atomic E-state index is 0.0426. The maximum atomic E-state index is 12.6. The highest BCUT2D eigenvalue weighted by Gasteiger charge is 2.11. The normalized spacial score (nSPS) is 11.0. The second-order valence-electron chi connectivity index (χ2n) is 10.1. The van der Waals surface area contributed by atoms with E-state index >= 15 is 0 Å². The fourth-order valence-corrected chi connectivity index (χ4v) is 5.03. The predicted octanol–water partition coefficient (Wildman–Crippen LogP) is 6.86. The molecule has 0 aliphatic heterocycles. The van der Waals surface area contributed by atoms with E-state index in [1.165, 1.54) is 5.56 Å². The van der Waals surface area contributed by atoms with Gasteiger partial charge in [0, 0.05) is 19.5 Å². The lowest BCUT2D eigenvalue weighted by atomic mass is 10.0. The first-order chi connectivity index (χ1) is 20.2. The number of methoxy groups -OCH3 is 1. The monoisotopic (exact) mass is 547 g/mol. The molecule has 0 fully saturated rings. The van der Waals surface area contributed by atoms with Gasteiger partial charge >= 0.3 is 0 Å². The summed E-state index contributed by atoms with van der Waals surface area (Å²) >= 11 is 0. The first-order valence-electron chi connectivity index (χ1n) is 14.3. The Morgan fingerprint density at radius 3 is 2.29 bits per heavy atom. The molecule has 0 saturated heterocycles. The lowest BCUT2D eigenvalue weighted by molar-refractivity contribution is -0.120. The topological polar surface area (TPSA) is 65.4 Å². The Kier molecular flexibility index (Phi) is 9.67. The van der Waals surface area contributed by atoms with Crippen LogP contribution in [0.2, 0.25) is 0 Å². The summed E-state index contributed by atoms with van der Waals surface area (Å²) in [5, 5.41) is 3.08. The molecule has 0 unspecified atom stereocenters. The van der Waals surface area contributed by atoms with Gasteiger partial charge in [-0.25, -0.2) is 4.98 Å². The molecule has 1 aromatic heterocycles. The molecule has 4 aromatic carbocycles. The van der Waals surface area contributed by atoms with Gasteiger partial charge in [0.05, 0.1) is 31.2 Å². The summed E-state index contributed by atoms with van der Waals surface area (Å²) in [7, 11) is 1.66. The van der Waals surface area contributed by atoms with E-state index in [9.17, 15) is 4.79 Å². The van der Waals surface area contributed by atoms with Crippen molar-refractivity contribution < 1.29 is 14.3 Å². The van der Waals surface area contributed by atoms with Crippen LogP contribution in [-0.2, 0) is 24.2 Å². The highest BCUT2D eigenvalue weighted by atomic mass is 16.5. The molecule has 0 saturated carbocycles. The third kappa shape index (κ3) is 7.54. The van der Waals surface area contributed by atoms with Gasteiger partial charge in [0.2, 0.25) is 5.91 Å². The Morgan fingerprint density at radius 1 is 0.780 bits per heavy atom. The Morgan fingerprint density at radius 2 is 1.49 bits per heavy atom. The average Bonchev–Trinajstić information content (AvgIpc) is 3.37. The molecule has 1 amide bonds. The van der Waals surface area contributed by atoms with Crippen LogP contribution in [0, 0.1) is 0 Å². The Bertz CT molecular complexity index is 1540. The van der Waals surface area contributed by atoms with E-state index < -0.39 is 0 Å². The van der Waals surface area contributed by atoms with Crippen molar-refractivity contribution in [2.75, 3.05) is 20.3 Å². The molecule has 0 aliphatic rings. The SMILES string of the molecule is COc1ccccc1OCCCCn1c(CCCNC(=O)Cc2ccc(-c3ccccc3)cc2)nc2ccccc21. The summed E-state index contributed by atoms with van der Waals surface area (Å²) in [4.78, 5) is 17.5. The minimum Gasteiger partial charge on any atom is -0.493 e. The number of rotatable bonds is 14. The van der Waals surface area contributed by atoms with Gasteiger partial charge in [0.25, 0.3) is 0 Å². The predicted molar refractivity (Wildman–Crippen MR) is 164 cm³/mol. The molecular weight excluding hydrogens is 510 g/mol. The molecule has 6 heteroatoms. The first kappa shape index (κ1) is 28.0. The molecule has 0 radical (unpaired) electrons. The summed E-state index contributed by atoms with van der Waals surface area (Å²) in [6.45, 7) is 2.12. The van der Waals surface area contributed by atoms with Crippen LogP contribution in [0.5, 0.6) is 11.5 Å². The fourth-order valence-electron chi connectivity index (χ4n) is 5.03. The number of benzene rings is 4. The highest BCUT2D eigenvalue weighted by molar-refractivity contribution is 5.79. The number of nitrogens with zero attached hydrogens (tertiary/aromatic N) is 2. The standard InChI is InChI=1S/C35H37N3O3/c1-40-32-16-7-8-17-33(32)41-25-10-9-24-38-31-15-6-5-14-30(31)37-34(38)18-11-23-36-35(39)26-27-19-21-29(22-20-27)28-12-3-2-4-13-28/h2-8,12-17,19-22H,9-11,18,23-26H2,1H3,(H,36,39). The van der Waals surface area contributed by atoms with Crippen LogP contribution >= 0.6 is 0 Å². The fraction of sp³-hybridized carbons (Fsp3) is 0.257. The lowest BCUT2D eigenvalue weighted by Gasteiger charge is -2.12. The molecular formula is C35H37N3O3. The highest BCUT2D eigenvalue weighted by Crippen LogP contribution is 2.26. The second kappa shape index (κ2) is 14.2. The molecule has 1 heterocycles. The van der Waals surface area contributed by atoms with E-state index in [0.29, 0.717) is 19.6 Å². The minimum absolute atomic E-state index is 0.0426. The number of hydrogen-bond donors (Lipinski definition) is 1. The van der Waals surface area contributed by atoms with Crippen LogP contribution < -0.4 is 14.8 Å². The van der Waals surface area contributed by atoms with Crippen LogP contribution in [0.25, 0.3) is 22.2 Å². The number of imidazole rings is 1. The largest absolute Gasteiger partial charge is 0.493 e. The molecule has 0 aliphatic carbocycles. The maximum Gasteiger partial charge on any atom is 0.224 e. The van der Waals surface area contributed by atoms with Crippen molar-refractivity contribution in [3.63, 3.8) is 0 Å². The Labute approximate surface area is 242 Å². The first-order valence-corrected chi connectivity index (χ1v) is 14.3. The third-order valence-electron chi connectivity index (χ3n) is 7.16. The quantitative estimate of drug-likeness (QED) is 0.154. The summed E-state index contributed by atoms with van der Waals surface area (Å²) in [6.07, 6.45) is 3.91. The number of aromatic nitrogens is 2. The number of para-hydroxylation sites is 4. The van der Waals surface area contributed by atoms with E-state index in [-0.39, 0.29) is 5.91 Å². The smallest absolute Gasteiger partial charge is 0.224 e. The van der Waals surface area contributed by atoms with Crippen LogP contribution in [0.15, 0.2) is 103 Å².